The molecule has 2 saturated carbocycles. The van der Waals surface area contributed by atoms with Crippen LogP contribution in [0.5, 0.6) is 0 Å². The molecule has 1 heterocycles. The van der Waals surface area contributed by atoms with Crippen molar-refractivity contribution in [1.29, 1.82) is 0 Å². The fourth-order valence-corrected chi connectivity index (χ4v) is 5.81. The number of fused-ring (bicyclic) bond motifs is 1. The summed E-state index contributed by atoms with van der Waals surface area (Å²) in [7, 11) is -2.96. The summed E-state index contributed by atoms with van der Waals surface area (Å²) < 4.78 is 48.5. The number of hydrogen-bond acceptors (Lipinski definition) is 8. The highest BCUT2D eigenvalue weighted by Crippen LogP contribution is 2.48. The molecule has 0 bridgehead atoms. The van der Waals surface area contributed by atoms with Gasteiger partial charge in [-0.2, -0.15) is 8.42 Å². The molecule has 4 rings (SSSR count). The normalized spacial score (nSPS) is 33.2. The average Bonchev–Trinajstić information content (AvgIpc) is 3.05. The number of hydrogen-bond donors (Lipinski definition) is 1. The minimum Gasteiger partial charge on any atom is -0.467 e. The molecule has 1 aromatic rings. The van der Waals surface area contributed by atoms with Gasteiger partial charge in [0.1, 0.15) is 12.2 Å². The van der Waals surface area contributed by atoms with E-state index in [1.54, 1.807) is 12.1 Å². The first kappa shape index (κ1) is 21.7. The Labute approximate surface area is 176 Å². The van der Waals surface area contributed by atoms with Crippen molar-refractivity contribution < 1.29 is 36.7 Å². The molecule has 9 heteroatoms. The summed E-state index contributed by atoms with van der Waals surface area (Å²) in [6.45, 7) is 1.85. The Morgan fingerprint density at radius 2 is 1.77 bits per heavy atom. The number of methoxy groups -OCH3 is 1. The van der Waals surface area contributed by atoms with Crippen LogP contribution < -0.4 is 0 Å². The Kier molecular flexibility index (Phi) is 5.69. The van der Waals surface area contributed by atoms with Crippen LogP contribution in [0.4, 0.5) is 0 Å². The molecule has 30 heavy (non-hydrogen) atoms. The molecule has 1 N–H and O–H groups in total. The van der Waals surface area contributed by atoms with Gasteiger partial charge in [0, 0.05) is 25.7 Å². The number of rotatable bonds is 4. The molecule has 4 atom stereocenters. The first-order chi connectivity index (χ1) is 14.2. The Hall–Kier alpha value is -1.52. The minimum absolute atomic E-state index is 0.00289. The second-order valence-corrected chi connectivity index (χ2v) is 10.1. The van der Waals surface area contributed by atoms with Crippen molar-refractivity contribution in [2.45, 2.75) is 86.5 Å². The maximum absolute atomic E-state index is 12.9. The molecule has 0 aromatic heterocycles. The van der Waals surface area contributed by atoms with Crippen molar-refractivity contribution >= 4 is 16.1 Å². The van der Waals surface area contributed by atoms with E-state index in [0.29, 0.717) is 12.8 Å². The maximum Gasteiger partial charge on any atom is 0.338 e. The fraction of sp³-hybridized carbons (Fsp3) is 0.667. The van der Waals surface area contributed by atoms with Gasteiger partial charge in [-0.1, -0.05) is 24.1 Å². The van der Waals surface area contributed by atoms with Gasteiger partial charge in [-0.25, -0.2) is 4.79 Å². The summed E-state index contributed by atoms with van der Waals surface area (Å²) in [5.74, 6) is -1.65. The number of aryl methyl sites for hydroxylation is 1. The maximum atomic E-state index is 12.9. The number of aliphatic hydroxyl groups is 1. The van der Waals surface area contributed by atoms with E-state index in [9.17, 15) is 18.3 Å². The van der Waals surface area contributed by atoms with Crippen molar-refractivity contribution in [2.75, 3.05) is 7.11 Å². The van der Waals surface area contributed by atoms with Gasteiger partial charge in [0.25, 0.3) is 10.1 Å². The lowest BCUT2D eigenvalue weighted by molar-refractivity contribution is -0.197. The third kappa shape index (κ3) is 4.01. The van der Waals surface area contributed by atoms with Gasteiger partial charge < -0.3 is 19.3 Å². The molecular formula is C21H28O8S. The van der Waals surface area contributed by atoms with Gasteiger partial charge >= 0.3 is 5.97 Å². The molecule has 166 valence electrons. The van der Waals surface area contributed by atoms with Crippen molar-refractivity contribution in [3.05, 3.63) is 29.8 Å². The Morgan fingerprint density at radius 1 is 1.10 bits per heavy atom. The lowest BCUT2D eigenvalue weighted by atomic mass is 9.80. The van der Waals surface area contributed by atoms with E-state index in [2.05, 4.69) is 0 Å². The second-order valence-electron chi connectivity index (χ2n) is 8.54. The zero-order valence-electron chi connectivity index (χ0n) is 17.2. The zero-order chi connectivity index (χ0) is 21.6. The van der Waals surface area contributed by atoms with Crippen LogP contribution in [0, 0.1) is 6.92 Å². The van der Waals surface area contributed by atoms with E-state index in [4.69, 9.17) is 18.4 Å². The molecule has 1 aliphatic heterocycles. The van der Waals surface area contributed by atoms with E-state index >= 15 is 0 Å². The number of esters is 1. The van der Waals surface area contributed by atoms with Gasteiger partial charge in [-0.3, -0.25) is 4.18 Å². The molecule has 3 aliphatic rings. The van der Waals surface area contributed by atoms with Crippen LogP contribution in [-0.2, 0) is 33.3 Å². The Morgan fingerprint density at radius 3 is 2.40 bits per heavy atom. The van der Waals surface area contributed by atoms with E-state index in [-0.39, 0.29) is 17.7 Å². The molecule has 8 nitrogen and oxygen atoms in total. The molecule has 1 aromatic carbocycles. The predicted octanol–water partition coefficient (Wildman–Crippen LogP) is 2.21. The summed E-state index contributed by atoms with van der Waals surface area (Å²) in [6, 6.07) is 6.28. The molecule has 1 spiro atoms. The monoisotopic (exact) mass is 440 g/mol. The van der Waals surface area contributed by atoms with Crippen LogP contribution in [-0.4, -0.2) is 56.3 Å². The highest BCUT2D eigenvalue weighted by molar-refractivity contribution is 7.86. The average molecular weight is 441 g/mol. The van der Waals surface area contributed by atoms with Gasteiger partial charge in [0.05, 0.1) is 18.1 Å². The SMILES string of the molecule is COC(=O)C1(O)CC2OC3(CCCCC3)OC2[C@H](OS(=O)(=O)c2ccc(C)cc2)C1. The van der Waals surface area contributed by atoms with Gasteiger partial charge in [-0.15, -0.1) is 0 Å². The second kappa shape index (κ2) is 7.87. The smallest absolute Gasteiger partial charge is 0.338 e. The standard InChI is InChI=1S/C21H28O8S/c1-14-6-8-15(9-7-14)30(24,25)29-17-13-20(23,19(22)26-2)12-16-18(17)28-21(27-16)10-4-3-5-11-21/h6-9,16-18,23H,3-5,10-13H2,1-2H3/t16?,17-,18?,20?/m1/s1. The molecule has 0 amide bonds. The third-order valence-corrected chi connectivity index (χ3v) is 7.62. The lowest BCUT2D eigenvalue weighted by Crippen LogP contribution is -2.56. The largest absolute Gasteiger partial charge is 0.467 e. The van der Waals surface area contributed by atoms with Crippen molar-refractivity contribution in [3.8, 4) is 0 Å². The van der Waals surface area contributed by atoms with Crippen molar-refractivity contribution in [1.82, 2.24) is 0 Å². The van der Waals surface area contributed by atoms with E-state index < -0.39 is 45.8 Å². The summed E-state index contributed by atoms with van der Waals surface area (Å²) in [4.78, 5) is 12.3. The quantitative estimate of drug-likeness (QED) is 0.561. The van der Waals surface area contributed by atoms with Gasteiger partial charge in [0.15, 0.2) is 11.4 Å². The molecule has 1 saturated heterocycles. The van der Waals surface area contributed by atoms with E-state index in [1.807, 2.05) is 6.92 Å². The number of carbonyl (C=O) groups excluding carboxylic acids is 1. The topological polar surface area (TPSA) is 108 Å². The Balaban J connectivity index is 1.63. The molecular weight excluding hydrogens is 412 g/mol. The van der Waals surface area contributed by atoms with Crippen molar-refractivity contribution in [3.63, 3.8) is 0 Å². The summed E-state index contributed by atoms with van der Waals surface area (Å²) in [5, 5.41) is 11.0. The molecule has 0 radical (unpaired) electrons. The van der Waals surface area contributed by atoms with Gasteiger partial charge in [-0.05, 0) is 31.9 Å². The van der Waals surface area contributed by atoms with Crippen LogP contribution in [0.1, 0.15) is 50.5 Å². The van der Waals surface area contributed by atoms with Crippen LogP contribution in [0.15, 0.2) is 29.2 Å². The number of carbonyl (C=O) groups is 1. The first-order valence-electron chi connectivity index (χ1n) is 10.3. The fourth-order valence-electron chi connectivity index (χ4n) is 4.73. The zero-order valence-corrected chi connectivity index (χ0v) is 18.0. The highest BCUT2D eigenvalue weighted by Gasteiger charge is 2.60. The van der Waals surface area contributed by atoms with Crippen LogP contribution in [0.3, 0.4) is 0 Å². The van der Waals surface area contributed by atoms with E-state index in [1.165, 1.54) is 19.2 Å². The number of benzene rings is 1. The summed E-state index contributed by atoms with van der Waals surface area (Å²) in [5.41, 5.74) is -0.994. The summed E-state index contributed by atoms with van der Waals surface area (Å²) >= 11 is 0. The highest BCUT2D eigenvalue weighted by atomic mass is 32.2. The molecule has 3 unspecified atom stereocenters. The Bertz CT molecular complexity index is 890. The first-order valence-corrected chi connectivity index (χ1v) is 11.7. The number of ether oxygens (including phenoxy) is 3. The summed E-state index contributed by atoms with van der Waals surface area (Å²) in [6.07, 6.45) is 1.59. The predicted molar refractivity (Wildman–Crippen MR) is 105 cm³/mol. The van der Waals surface area contributed by atoms with Crippen LogP contribution in [0.25, 0.3) is 0 Å². The van der Waals surface area contributed by atoms with Crippen molar-refractivity contribution in [2.24, 2.45) is 0 Å². The van der Waals surface area contributed by atoms with Crippen LogP contribution in [0.2, 0.25) is 0 Å². The van der Waals surface area contributed by atoms with E-state index in [0.717, 1.165) is 24.8 Å². The lowest BCUT2D eigenvalue weighted by Gasteiger charge is -2.39. The molecule has 2 aliphatic carbocycles. The minimum atomic E-state index is -4.14. The van der Waals surface area contributed by atoms with Crippen LogP contribution >= 0.6 is 0 Å². The molecule has 3 fully saturated rings. The third-order valence-electron chi connectivity index (χ3n) is 6.27. The van der Waals surface area contributed by atoms with Gasteiger partial charge in [0.2, 0.25) is 0 Å².